The normalized spacial score (nSPS) is 10.6. The van der Waals surface area contributed by atoms with E-state index in [-0.39, 0.29) is 0 Å². The fourth-order valence-corrected chi connectivity index (χ4v) is 3.20. The lowest BCUT2D eigenvalue weighted by Gasteiger charge is -2.11. The molecule has 21 heavy (non-hydrogen) atoms. The van der Waals surface area contributed by atoms with Gasteiger partial charge in [-0.2, -0.15) is 0 Å². The molecular weight excluding hydrogens is 282 g/mol. The summed E-state index contributed by atoms with van der Waals surface area (Å²) in [7, 11) is 1.67. The monoisotopic (exact) mass is 305 g/mol. The molecule has 2 aromatic rings. The Labute approximate surface area is 130 Å². The second kappa shape index (κ2) is 8.05. The van der Waals surface area contributed by atoms with E-state index in [1.807, 2.05) is 30.4 Å². The molecule has 114 valence electrons. The number of thiophene rings is 1. The van der Waals surface area contributed by atoms with E-state index < -0.39 is 0 Å². The van der Waals surface area contributed by atoms with Gasteiger partial charge < -0.3 is 14.8 Å². The molecule has 0 unspecified atom stereocenters. The van der Waals surface area contributed by atoms with Crippen LogP contribution in [0, 0.1) is 0 Å². The van der Waals surface area contributed by atoms with Gasteiger partial charge in [0.25, 0.3) is 0 Å². The predicted octanol–water partition coefficient (Wildman–Crippen LogP) is 4.01. The Bertz CT molecular complexity index is 566. The molecule has 1 aromatic carbocycles. The first-order valence-electron chi connectivity index (χ1n) is 7.34. The molecule has 3 nitrogen and oxygen atoms in total. The first-order valence-corrected chi connectivity index (χ1v) is 8.22. The van der Waals surface area contributed by atoms with Crippen molar-refractivity contribution in [3.8, 4) is 11.5 Å². The summed E-state index contributed by atoms with van der Waals surface area (Å²) < 4.78 is 10.9. The van der Waals surface area contributed by atoms with Gasteiger partial charge in [0.05, 0.1) is 13.7 Å². The molecule has 0 saturated heterocycles. The molecular formula is C17H23NO2S. The molecule has 4 heteroatoms. The van der Waals surface area contributed by atoms with Crippen molar-refractivity contribution >= 4 is 11.3 Å². The van der Waals surface area contributed by atoms with E-state index in [1.54, 1.807) is 7.11 Å². The van der Waals surface area contributed by atoms with Crippen molar-refractivity contribution in [3.63, 3.8) is 0 Å². The van der Waals surface area contributed by atoms with Crippen molar-refractivity contribution in [2.75, 3.05) is 13.7 Å². The van der Waals surface area contributed by atoms with Crippen LogP contribution in [0.2, 0.25) is 0 Å². The molecule has 0 fully saturated rings. The Morgan fingerprint density at radius 3 is 2.67 bits per heavy atom. The van der Waals surface area contributed by atoms with Gasteiger partial charge in [0.2, 0.25) is 0 Å². The van der Waals surface area contributed by atoms with E-state index in [1.165, 1.54) is 16.0 Å². The molecule has 0 saturated carbocycles. The Balaban J connectivity index is 1.95. The molecule has 0 spiro atoms. The SMILES string of the molecule is CCOc1cc(CNCc2sccc2CC)ccc1OC. The number of ether oxygens (including phenoxy) is 2. The molecule has 0 radical (unpaired) electrons. The summed E-state index contributed by atoms with van der Waals surface area (Å²) in [5.74, 6) is 1.59. The van der Waals surface area contributed by atoms with E-state index >= 15 is 0 Å². The van der Waals surface area contributed by atoms with Gasteiger partial charge >= 0.3 is 0 Å². The van der Waals surface area contributed by atoms with Crippen molar-refractivity contribution in [1.29, 1.82) is 0 Å². The minimum atomic E-state index is 0.641. The van der Waals surface area contributed by atoms with E-state index in [0.717, 1.165) is 31.0 Å². The number of nitrogens with one attached hydrogen (secondary N) is 1. The number of methoxy groups -OCH3 is 1. The van der Waals surface area contributed by atoms with Crippen LogP contribution in [-0.2, 0) is 19.5 Å². The van der Waals surface area contributed by atoms with Crippen LogP contribution in [-0.4, -0.2) is 13.7 Å². The van der Waals surface area contributed by atoms with Gasteiger partial charge in [0, 0.05) is 18.0 Å². The van der Waals surface area contributed by atoms with Crippen molar-refractivity contribution in [2.24, 2.45) is 0 Å². The largest absolute Gasteiger partial charge is 0.493 e. The topological polar surface area (TPSA) is 30.5 Å². The highest BCUT2D eigenvalue weighted by Gasteiger charge is 2.06. The Morgan fingerprint density at radius 1 is 1.10 bits per heavy atom. The fraction of sp³-hybridized carbons (Fsp3) is 0.412. The number of hydrogen-bond donors (Lipinski definition) is 1. The summed E-state index contributed by atoms with van der Waals surface area (Å²) in [6, 6.07) is 8.29. The van der Waals surface area contributed by atoms with Crippen LogP contribution in [0.15, 0.2) is 29.6 Å². The minimum absolute atomic E-state index is 0.641. The summed E-state index contributed by atoms with van der Waals surface area (Å²) in [4.78, 5) is 1.43. The van der Waals surface area contributed by atoms with E-state index in [0.29, 0.717) is 6.61 Å². The molecule has 0 atom stereocenters. The van der Waals surface area contributed by atoms with Gasteiger partial charge in [-0.05, 0) is 48.1 Å². The first-order chi connectivity index (χ1) is 10.3. The predicted molar refractivity (Wildman–Crippen MR) is 88.4 cm³/mol. The lowest BCUT2D eigenvalue weighted by molar-refractivity contribution is 0.310. The van der Waals surface area contributed by atoms with Crippen LogP contribution in [0.3, 0.4) is 0 Å². The average Bonchev–Trinajstić information content (AvgIpc) is 2.95. The van der Waals surface area contributed by atoms with Crippen molar-refractivity contribution in [3.05, 3.63) is 45.6 Å². The Morgan fingerprint density at radius 2 is 1.95 bits per heavy atom. The van der Waals surface area contributed by atoms with Crippen molar-refractivity contribution < 1.29 is 9.47 Å². The number of aryl methyl sites for hydroxylation is 1. The molecule has 0 bridgehead atoms. The lowest BCUT2D eigenvalue weighted by Crippen LogP contribution is -2.13. The molecule has 2 rings (SSSR count). The summed E-state index contributed by atoms with van der Waals surface area (Å²) in [5.41, 5.74) is 2.64. The van der Waals surface area contributed by atoms with Crippen LogP contribution in [0.1, 0.15) is 29.9 Å². The molecule has 1 heterocycles. The summed E-state index contributed by atoms with van der Waals surface area (Å²) in [6.07, 6.45) is 1.09. The zero-order chi connectivity index (χ0) is 15.1. The van der Waals surface area contributed by atoms with Crippen LogP contribution >= 0.6 is 11.3 Å². The maximum Gasteiger partial charge on any atom is 0.161 e. The maximum absolute atomic E-state index is 5.61. The third-order valence-electron chi connectivity index (χ3n) is 3.36. The third kappa shape index (κ3) is 4.22. The molecule has 1 aromatic heterocycles. The van der Waals surface area contributed by atoms with Gasteiger partial charge in [0.1, 0.15) is 0 Å². The molecule has 1 N–H and O–H groups in total. The highest BCUT2D eigenvalue weighted by atomic mass is 32.1. The first kappa shape index (κ1) is 15.9. The summed E-state index contributed by atoms with van der Waals surface area (Å²) in [5, 5.41) is 5.66. The number of benzene rings is 1. The zero-order valence-electron chi connectivity index (χ0n) is 12.9. The van der Waals surface area contributed by atoms with Gasteiger partial charge in [0.15, 0.2) is 11.5 Å². The van der Waals surface area contributed by atoms with Crippen LogP contribution in [0.25, 0.3) is 0 Å². The van der Waals surface area contributed by atoms with Crippen molar-refractivity contribution in [2.45, 2.75) is 33.4 Å². The third-order valence-corrected chi connectivity index (χ3v) is 4.32. The quantitative estimate of drug-likeness (QED) is 0.799. The van der Waals surface area contributed by atoms with Crippen LogP contribution < -0.4 is 14.8 Å². The molecule has 0 aliphatic carbocycles. The summed E-state index contributed by atoms with van der Waals surface area (Å²) >= 11 is 1.82. The Kier molecular flexibility index (Phi) is 6.08. The molecule has 0 aliphatic rings. The standard InChI is InChI=1S/C17H23NO2S/c1-4-14-8-9-21-17(14)12-18-11-13-6-7-15(19-3)16(10-13)20-5-2/h6-10,18H,4-5,11-12H2,1-3H3. The van der Waals surface area contributed by atoms with Crippen LogP contribution in [0.5, 0.6) is 11.5 Å². The Hall–Kier alpha value is -1.52. The van der Waals surface area contributed by atoms with Gasteiger partial charge in [-0.1, -0.05) is 13.0 Å². The average molecular weight is 305 g/mol. The lowest BCUT2D eigenvalue weighted by atomic mass is 10.2. The van der Waals surface area contributed by atoms with Gasteiger partial charge in [-0.3, -0.25) is 0 Å². The highest BCUT2D eigenvalue weighted by molar-refractivity contribution is 7.10. The fourth-order valence-electron chi connectivity index (χ4n) is 2.26. The number of rotatable bonds is 8. The zero-order valence-corrected chi connectivity index (χ0v) is 13.8. The minimum Gasteiger partial charge on any atom is -0.493 e. The second-order valence-corrected chi connectivity index (χ2v) is 5.75. The van der Waals surface area contributed by atoms with E-state index in [4.69, 9.17) is 9.47 Å². The van der Waals surface area contributed by atoms with Crippen molar-refractivity contribution in [1.82, 2.24) is 5.32 Å². The van der Waals surface area contributed by atoms with Gasteiger partial charge in [-0.25, -0.2) is 0 Å². The van der Waals surface area contributed by atoms with E-state index in [9.17, 15) is 0 Å². The second-order valence-electron chi connectivity index (χ2n) is 4.74. The summed E-state index contributed by atoms with van der Waals surface area (Å²) in [6.45, 7) is 6.56. The molecule has 0 amide bonds. The molecule has 0 aliphatic heterocycles. The highest BCUT2D eigenvalue weighted by Crippen LogP contribution is 2.28. The smallest absolute Gasteiger partial charge is 0.161 e. The maximum atomic E-state index is 5.61. The van der Waals surface area contributed by atoms with Crippen LogP contribution in [0.4, 0.5) is 0 Å². The number of hydrogen-bond acceptors (Lipinski definition) is 4. The van der Waals surface area contributed by atoms with E-state index in [2.05, 4.69) is 29.8 Å². The van der Waals surface area contributed by atoms with Gasteiger partial charge in [-0.15, -0.1) is 11.3 Å².